The Balaban J connectivity index is 1.25. The maximum Gasteiger partial charge on any atom is 0.298 e. The molecule has 7 nitrogen and oxygen atoms in total. The number of carbonyl (C=O) groups excluding carboxylic acids is 1. The molecule has 2 heterocycles. The summed E-state index contributed by atoms with van der Waals surface area (Å²) < 4.78 is 17.4. The molecule has 5 rings (SSSR count). The molecule has 2 aromatic rings. The number of oxazole rings is 1. The zero-order valence-corrected chi connectivity index (χ0v) is 18.9. The van der Waals surface area contributed by atoms with Crippen LogP contribution in [0.15, 0.2) is 22.6 Å². The molecular formula is C23H28ClN3O4. The highest BCUT2D eigenvalue weighted by atomic mass is 35.5. The highest BCUT2D eigenvalue weighted by molar-refractivity contribution is 6.32. The van der Waals surface area contributed by atoms with E-state index in [9.17, 15) is 4.79 Å². The first-order chi connectivity index (χ1) is 14.9. The van der Waals surface area contributed by atoms with Crippen molar-refractivity contribution < 1.29 is 18.7 Å². The Kier molecular flexibility index (Phi) is 5.13. The average molecular weight is 446 g/mol. The summed E-state index contributed by atoms with van der Waals surface area (Å²) in [5.41, 5.74) is 0.687. The summed E-state index contributed by atoms with van der Waals surface area (Å²) in [5, 5.41) is 3.37. The summed E-state index contributed by atoms with van der Waals surface area (Å²) in [6.07, 6.45) is 4.42. The van der Waals surface area contributed by atoms with Gasteiger partial charge in [-0.15, -0.1) is 0 Å². The van der Waals surface area contributed by atoms with Gasteiger partial charge in [0.2, 0.25) is 0 Å². The van der Waals surface area contributed by atoms with Gasteiger partial charge in [0, 0.05) is 19.2 Å². The number of aryl methyl sites for hydroxylation is 1. The fourth-order valence-corrected chi connectivity index (χ4v) is 4.94. The Bertz CT molecular complexity index is 991. The predicted molar refractivity (Wildman–Crippen MR) is 118 cm³/mol. The minimum absolute atomic E-state index is 0.206. The van der Waals surface area contributed by atoms with E-state index in [-0.39, 0.29) is 17.6 Å². The molecule has 3 aliphatic rings. The van der Waals surface area contributed by atoms with Crippen molar-refractivity contribution in [2.45, 2.75) is 51.2 Å². The van der Waals surface area contributed by atoms with Crippen LogP contribution in [0.25, 0.3) is 0 Å². The van der Waals surface area contributed by atoms with Gasteiger partial charge in [0.25, 0.3) is 11.9 Å². The molecule has 1 aromatic carbocycles. The van der Waals surface area contributed by atoms with Crippen molar-refractivity contribution in [1.82, 2.24) is 4.98 Å². The van der Waals surface area contributed by atoms with Gasteiger partial charge in [0.05, 0.1) is 24.2 Å². The van der Waals surface area contributed by atoms with E-state index in [1.165, 1.54) is 6.42 Å². The molecule has 0 bridgehead atoms. The third kappa shape index (κ3) is 4.01. The monoisotopic (exact) mass is 445 g/mol. The number of fused-ring (bicyclic) bond motifs is 1. The molecule has 1 amide bonds. The number of hydrogen-bond donors (Lipinski definition) is 1. The summed E-state index contributed by atoms with van der Waals surface area (Å²) >= 11 is 6.43. The summed E-state index contributed by atoms with van der Waals surface area (Å²) in [6.45, 7) is 5.32. The Labute approximate surface area is 187 Å². The van der Waals surface area contributed by atoms with Crippen LogP contribution in [0.4, 0.5) is 11.7 Å². The first kappa shape index (κ1) is 20.6. The summed E-state index contributed by atoms with van der Waals surface area (Å²) in [4.78, 5) is 19.3. The molecule has 8 heteroatoms. The molecule has 1 aromatic heterocycles. The summed E-state index contributed by atoms with van der Waals surface area (Å²) in [5.74, 6) is 2.61. The number of methoxy groups -OCH3 is 1. The molecule has 166 valence electrons. The number of nitrogens with zero attached hydrogens (tertiary/aromatic N) is 2. The molecule has 2 unspecified atom stereocenters. The second kappa shape index (κ2) is 7.71. The van der Waals surface area contributed by atoms with Gasteiger partial charge in [0.1, 0.15) is 17.1 Å². The first-order valence-corrected chi connectivity index (χ1v) is 11.3. The van der Waals surface area contributed by atoms with Crippen LogP contribution in [-0.2, 0) is 11.2 Å². The maximum atomic E-state index is 12.9. The van der Waals surface area contributed by atoms with Crippen molar-refractivity contribution in [3.05, 3.63) is 34.7 Å². The molecule has 0 spiro atoms. The quantitative estimate of drug-likeness (QED) is 0.674. The fraction of sp³-hybridized carbons (Fsp3) is 0.565. The van der Waals surface area contributed by atoms with Crippen molar-refractivity contribution in [2.75, 3.05) is 30.4 Å². The third-order valence-corrected chi connectivity index (χ3v) is 7.02. The molecule has 2 saturated carbocycles. The number of ether oxygens (including phenoxy) is 2. The minimum Gasteiger partial charge on any atom is -0.489 e. The van der Waals surface area contributed by atoms with Crippen molar-refractivity contribution in [2.24, 2.45) is 11.8 Å². The van der Waals surface area contributed by atoms with E-state index in [2.05, 4.69) is 10.3 Å². The number of anilines is 2. The third-order valence-electron chi connectivity index (χ3n) is 6.72. The van der Waals surface area contributed by atoms with E-state index in [0.29, 0.717) is 53.4 Å². The highest BCUT2D eigenvalue weighted by Crippen LogP contribution is 2.52. The Morgan fingerprint density at radius 2 is 2.06 bits per heavy atom. The van der Waals surface area contributed by atoms with Gasteiger partial charge in [-0.3, -0.25) is 4.79 Å². The zero-order valence-electron chi connectivity index (χ0n) is 18.1. The van der Waals surface area contributed by atoms with Crippen LogP contribution < -0.4 is 15.0 Å². The normalized spacial score (nSPS) is 25.7. The van der Waals surface area contributed by atoms with E-state index in [4.69, 9.17) is 25.5 Å². The van der Waals surface area contributed by atoms with Gasteiger partial charge in [-0.25, -0.2) is 0 Å². The second-order valence-electron chi connectivity index (χ2n) is 9.20. The summed E-state index contributed by atoms with van der Waals surface area (Å²) in [6, 6.07) is 5.80. The Hall–Kier alpha value is -2.25. The average Bonchev–Trinajstić information content (AvgIpc) is 3.13. The number of halogens is 1. The van der Waals surface area contributed by atoms with Crippen LogP contribution in [0, 0.1) is 11.8 Å². The molecule has 0 radical (unpaired) electrons. The number of hydrogen-bond acceptors (Lipinski definition) is 6. The van der Waals surface area contributed by atoms with Gasteiger partial charge in [-0.05, 0) is 56.2 Å². The number of aromatic nitrogens is 1. The van der Waals surface area contributed by atoms with E-state index in [1.807, 2.05) is 24.8 Å². The topological polar surface area (TPSA) is 76.8 Å². The molecule has 3 fully saturated rings. The van der Waals surface area contributed by atoms with Crippen LogP contribution in [0.5, 0.6) is 5.75 Å². The van der Waals surface area contributed by atoms with Gasteiger partial charge in [0.15, 0.2) is 5.69 Å². The lowest BCUT2D eigenvalue weighted by molar-refractivity contribution is -0.0191. The highest BCUT2D eigenvalue weighted by Gasteiger charge is 2.47. The van der Waals surface area contributed by atoms with E-state index >= 15 is 0 Å². The van der Waals surface area contributed by atoms with E-state index in [1.54, 1.807) is 19.2 Å². The van der Waals surface area contributed by atoms with Crippen LogP contribution in [0.3, 0.4) is 0 Å². The molecule has 1 aliphatic heterocycles. The lowest BCUT2D eigenvalue weighted by Gasteiger charge is -2.45. The van der Waals surface area contributed by atoms with Crippen LogP contribution in [0.2, 0.25) is 5.02 Å². The van der Waals surface area contributed by atoms with Gasteiger partial charge >= 0.3 is 0 Å². The number of benzene rings is 1. The van der Waals surface area contributed by atoms with Gasteiger partial charge in [-0.2, -0.15) is 4.98 Å². The van der Waals surface area contributed by atoms with Gasteiger partial charge < -0.3 is 24.1 Å². The standard InChI is InChI=1S/C23H28ClN3O4/c1-4-18-20(26-22(31-18)27-11-23(2,12-27)29-3)21(28)25-15-5-6-19(17(24)10-15)30-16-8-13-7-14(13)9-16/h5-6,10,13-14,16H,4,7-9,11-12H2,1-3H3,(H,25,28)/t13-,14?,16?/m0/s1. The van der Waals surface area contributed by atoms with Crippen molar-refractivity contribution in [3.8, 4) is 5.75 Å². The number of carbonyl (C=O) groups is 1. The molecule has 3 atom stereocenters. The molecular weight excluding hydrogens is 418 g/mol. The van der Waals surface area contributed by atoms with Crippen molar-refractivity contribution >= 4 is 29.2 Å². The second-order valence-corrected chi connectivity index (χ2v) is 9.61. The maximum absolute atomic E-state index is 12.9. The first-order valence-electron chi connectivity index (χ1n) is 10.9. The lowest BCUT2D eigenvalue weighted by atomic mass is 9.97. The predicted octanol–water partition coefficient (Wildman–Crippen LogP) is 4.55. The number of rotatable bonds is 7. The largest absolute Gasteiger partial charge is 0.489 e. The molecule has 1 saturated heterocycles. The minimum atomic E-state index is -0.317. The summed E-state index contributed by atoms with van der Waals surface area (Å²) in [7, 11) is 1.70. The zero-order chi connectivity index (χ0) is 21.8. The van der Waals surface area contributed by atoms with Crippen molar-refractivity contribution in [3.63, 3.8) is 0 Å². The molecule has 31 heavy (non-hydrogen) atoms. The lowest BCUT2D eigenvalue weighted by Crippen LogP contribution is -2.61. The number of amides is 1. The Morgan fingerprint density at radius 1 is 1.32 bits per heavy atom. The fourth-order valence-electron chi connectivity index (χ4n) is 4.72. The SMILES string of the molecule is CCc1oc(N2CC(C)(OC)C2)nc1C(=O)Nc1ccc(OC2CC3C[C@H]3C2)c(Cl)c1. The van der Waals surface area contributed by atoms with E-state index in [0.717, 1.165) is 24.7 Å². The molecule has 2 aliphatic carbocycles. The number of nitrogens with one attached hydrogen (secondary N) is 1. The Morgan fingerprint density at radius 3 is 2.71 bits per heavy atom. The smallest absolute Gasteiger partial charge is 0.298 e. The van der Waals surface area contributed by atoms with E-state index < -0.39 is 0 Å². The van der Waals surface area contributed by atoms with Crippen molar-refractivity contribution in [1.29, 1.82) is 0 Å². The van der Waals surface area contributed by atoms with Gasteiger partial charge in [-0.1, -0.05) is 18.5 Å². The van der Waals surface area contributed by atoms with Crippen LogP contribution in [0.1, 0.15) is 49.4 Å². The van der Waals surface area contributed by atoms with Crippen LogP contribution >= 0.6 is 11.6 Å². The molecule has 1 N–H and O–H groups in total. The van der Waals surface area contributed by atoms with Crippen LogP contribution in [-0.4, -0.2) is 42.8 Å².